The summed E-state index contributed by atoms with van der Waals surface area (Å²) in [4.78, 5) is 11.6. The minimum absolute atomic E-state index is 0.164. The van der Waals surface area contributed by atoms with Crippen LogP contribution in [0.4, 0.5) is 5.69 Å². The van der Waals surface area contributed by atoms with Crippen molar-refractivity contribution in [2.24, 2.45) is 11.8 Å². The van der Waals surface area contributed by atoms with Crippen molar-refractivity contribution in [2.45, 2.75) is 45.4 Å². The van der Waals surface area contributed by atoms with Gasteiger partial charge in [-0.3, -0.25) is 9.52 Å². The van der Waals surface area contributed by atoms with Crippen LogP contribution in [0.3, 0.4) is 0 Å². The molecule has 0 spiro atoms. The Bertz CT molecular complexity index is 1020. The van der Waals surface area contributed by atoms with Gasteiger partial charge in [0.05, 0.1) is 5.75 Å². The molecular formula is C26H36N2O4S. The van der Waals surface area contributed by atoms with E-state index >= 15 is 0 Å². The maximum atomic E-state index is 12.1. The Morgan fingerprint density at radius 2 is 1.76 bits per heavy atom. The van der Waals surface area contributed by atoms with Crippen LogP contribution in [0.25, 0.3) is 0 Å². The summed E-state index contributed by atoms with van der Waals surface area (Å²) in [5, 5.41) is 7.42. The molecule has 1 heterocycles. The molecule has 2 aliphatic rings. The van der Waals surface area contributed by atoms with Crippen molar-refractivity contribution in [3.63, 3.8) is 0 Å². The van der Waals surface area contributed by atoms with Gasteiger partial charge in [-0.25, -0.2) is 8.42 Å². The summed E-state index contributed by atoms with van der Waals surface area (Å²) in [5.41, 5.74) is 3.57. The number of sulfonamides is 1. The maximum absolute atomic E-state index is 12.1. The third-order valence-corrected chi connectivity index (χ3v) is 8.33. The molecule has 2 N–H and O–H groups in total. The van der Waals surface area contributed by atoms with Gasteiger partial charge in [0, 0.05) is 31.1 Å². The Morgan fingerprint density at radius 3 is 2.36 bits per heavy atom. The lowest BCUT2D eigenvalue weighted by atomic mass is 9.92. The van der Waals surface area contributed by atoms with Crippen molar-refractivity contribution in [1.29, 1.82) is 0 Å². The summed E-state index contributed by atoms with van der Waals surface area (Å²) in [6.45, 7) is 8.79. The van der Waals surface area contributed by atoms with Crippen LogP contribution in [0, 0.1) is 11.8 Å². The van der Waals surface area contributed by atoms with E-state index in [0.29, 0.717) is 23.9 Å². The van der Waals surface area contributed by atoms with Gasteiger partial charge >= 0.3 is 0 Å². The first kappa shape index (κ1) is 25.2. The number of nitrogens with zero attached hydrogens (tertiary/aromatic N) is 1. The number of hydrogen-bond donors (Lipinski definition) is 2. The van der Waals surface area contributed by atoms with Gasteiger partial charge in [-0.2, -0.15) is 0 Å². The lowest BCUT2D eigenvalue weighted by Crippen LogP contribution is -2.30. The van der Waals surface area contributed by atoms with E-state index in [-0.39, 0.29) is 11.2 Å². The van der Waals surface area contributed by atoms with E-state index in [4.69, 9.17) is 9.90 Å². The number of aliphatic carboxylic acids is 1. The number of carboxylic acids is 1. The first-order chi connectivity index (χ1) is 15.7. The molecular weight excluding hydrogens is 436 g/mol. The predicted octanol–water partition coefficient (Wildman–Crippen LogP) is 4.38. The van der Waals surface area contributed by atoms with Gasteiger partial charge in [0.2, 0.25) is 10.0 Å². The Balaban J connectivity index is 0.000000709. The number of nitrogens with one attached hydrogen (secondary N) is 1. The number of fused-ring (bicyclic) bond motifs is 1. The zero-order chi connectivity index (χ0) is 24.1. The summed E-state index contributed by atoms with van der Waals surface area (Å²) in [7, 11) is -3.25. The highest BCUT2D eigenvalue weighted by Crippen LogP contribution is 2.63. The SMILES string of the molecule is CC(=O)O.CCCS(=O)(=O)Nc1cccc(C2(C)C3CN(CCCc4ccccc4)CC32)c1. The lowest BCUT2D eigenvalue weighted by Gasteiger charge is -2.25. The van der Waals surface area contributed by atoms with Crippen LogP contribution < -0.4 is 4.72 Å². The molecule has 2 fully saturated rings. The van der Waals surface area contributed by atoms with Crippen LogP contribution >= 0.6 is 0 Å². The molecule has 0 amide bonds. The molecule has 1 aliphatic heterocycles. The normalized spacial score (nSPS) is 23.8. The number of carbonyl (C=O) groups is 1. The average Bonchev–Trinajstić information content (AvgIpc) is 3.08. The van der Waals surface area contributed by atoms with Crippen LogP contribution in [-0.2, 0) is 26.7 Å². The molecule has 2 aromatic rings. The van der Waals surface area contributed by atoms with Crippen LogP contribution in [0.2, 0.25) is 0 Å². The second-order valence-electron chi connectivity index (χ2n) is 9.37. The summed E-state index contributed by atoms with van der Waals surface area (Å²) < 4.78 is 26.9. The van der Waals surface area contributed by atoms with Crippen molar-refractivity contribution in [1.82, 2.24) is 4.90 Å². The fourth-order valence-corrected chi connectivity index (χ4v) is 6.27. The molecule has 33 heavy (non-hydrogen) atoms. The molecule has 0 aromatic heterocycles. The molecule has 1 saturated heterocycles. The lowest BCUT2D eigenvalue weighted by molar-refractivity contribution is -0.134. The van der Waals surface area contributed by atoms with Gasteiger partial charge in [-0.1, -0.05) is 56.3 Å². The number of carboxylic acid groups (broad SMARTS) is 1. The second kappa shape index (κ2) is 10.7. The van der Waals surface area contributed by atoms with Crippen LogP contribution in [0.5, 0.6) is 0 Å². The third kappa shape index (κ3) is 6.58. The number of benzene rings is 2. The molecule has 2 atom stereocenters. The van der Waals surface area contributed by atoms with Crippen molar-refractivity contribution in [2.75, 3.05) is 30.1 Å². The number of hydrogen-bond acceptors (Lipinski definition) is 4. The standard InChI is InChI=1S/C24H32N2O2S.C2H4O2/c1-3-15-29(27,28)25-21-13-7-12-20(16-21)24(2)22-17-26(18-23(22)24)14-8-11-19-9-5-4-6-10-19;1-2(3)4/h4-7,9-10,12-13,16,22-23,25H,3,8,11,14-15,17-18H2,1-2H3;1H3,(H,3,4). The minimum Gasteiger partial charge on any atom is -0.481 e. The number of rotatable bonds is 9. The summed E-state index contributed by atoms with van der Waals surface area (Å²) in [5.74, 6) is 0.695. The molecule has 6 nitrogen and oxygen atoms in total. The van der Waals surface area contributed by atoms with Crippen molar-refractivity contribution < 1.29 is 18.3 Å². The molecule has 4 rings (SSSR count). The Morgan fingerprint density at radius 1 is 1.12 bits per heavy atom. The molecule has 0 radical (unpaired) electrons. The van der Waals surface area contributed by atoms with E-state index in [1.807, 2.05) is 25.1 Å². The zero-order valence-electron chi connectivity index (χ0n) is 19.8. The molecule has 2 aromatic carbocycles. The van der Waals surface area contributed by atoms with Gasteiger partial charge < -0.3 is 10.0 Å². The first-order valence-corrected chi connectivity index (χ1v) is 13.4. The number of likely N-dealkylation sites (tertiary alicyclic amines) is 1. The Labute approximate surface area is 198 Å². The number of piperidine rings is 1. The van der Waals surface area contributed by atoms with Crippen LogP contribution in [-0.4, -0.2) is 49.8 Å². The Hall–Kier alpha value is -2.38. The maximum Gasteiger partial charge on any atom is 0.300 e. The molecule has 2 unspecified atom stereocenters. The smallest absolute Gasteiger partial charge is 0.300 e. The topological polar surface area (TPSA) is 86.7 Å². The number of anilines is 1. The van der Waals surface area contributed by atoms with Gasteiger partial charge in [-0.05, 0) is 60.9 Å². The summed E-state index contributed by atoms with van der Waals surface area (Å²) in [6, 6.07) is 18.8. The molecule has 1 saturated carbocycles. The van der Waals surface area contributed by atoms with Crippen LogP contribution in [0.15, 0.2) is 54.6 Å². The van der Waals surface area contributed by atoms with E-state index in [0.717, 1.165) is 33.0 Å². The summed E-state index contributed by atoms with van der Waals surface area (Å²) in [6.07, 6.45) is 2.97. The quantitative estimate of drug-likeness (QED) is 0.566. The highest BCUT2D eigenvalue weighted by atomic mass is 32.2. The highest BCUT2D eigenvalue weighted by Gasteiger charge is 2.65. The van der Waals surface area contributed by atoms with Gasteiger partial charge in [0.1, 0.15) is 0 Å². The average molecular weight is 473 g/mol. The largest absolute Gasteiger partial charge is 0.481 e. The zero-order valence-corrected chi connectivity index (χ0v) is 20.6. The predicted molar refractivity (Wildman–Crippen MR) is 133 cm³/mol. The van der Waals surface area contributed by atoms with Crippen LogP contribution in [0.1, 0.15) is 44.7 Å². The summed E-state index contributed by atoms with van der Waals surface area (Å²) >= 11 is 0. The van der Waals surface area contributed by atoms with E-state index in [1.165, 1.54) is 17.5 Å². The van der Waals surface area contributed by atoms with E-state index < -0.39 is 16.0 Å². The van der Waals surface area contributed by atoms with E-state index in [9.17, 15) is 8.42 Å². The highest BCUT2D eigenvalue weighted by molar-refractivity contribution is 7.92. The van der Waals surface area contributed by atoms with Crippen molar-refractivity contribution in [3.8, 4) is 0 Å². The van der Waals surface area contributed by atoms with Crippen molar-refractivity contribution in [3.05, 3.63) is 65.7 Å². The third-order valence-electron chi connectivity index (χ3n) is 6.84. The number of aryl methyl sites for hydroxylation is 1. The van der Waals surface area contributed by atoms with Gasteiger partial charge in [0.15, 0.2) is 0 Å². The fourth-order valence-electron chi connectivity index (χ4n) is 5.14. The Kier molecular flexibility index (Phi) is 8.19. The molecule has 0 bridgehead atoms. The minimum atomic E-state index is -3.25. The van der Waals surface area contributed by atoms with E-state index in [1.54, 1.807) is 0 Å². The molecule has 7 heteroatoms. The monoisotopic (exact) mass is 472 g/mol. The van der Waals surface area contributed by atoms with Gasteiger partial charge in [0.25, 0.3) is 5.97 Å². The van der Waals surface area contributed by atoms with Crippen molar-refractivity contribution >= 4 is 21.7 Å². The first-order valence-electron chi connectivity index (χ1n) is 11.7. The molecule has 1 aliphatic carbocycles. The molecule has 180 valence electrons. The fraction of sp³-hybridized carbons (Fsp3) is 0.500. The second-order valence-corrected chi connectivity index (χ2v) is 11.2. The van der Waals surface area contributed by atoms with E-state index in [2.05, 4.69) is 52.9 Å². The van der Waals surface area contributed by atoms with Gasteiger partial charge in [-0.15, -0.1) is 0 Å².